The Balaban J connectivity index is 2.33. The van der Waals surface area contributed by atoms with E-state index in [0.29, 0.717) is 19.8 Å². The molecule has 1 aromatic heterocycles. The van der Waals surface area contributed by atoms with Gasteiger partial charge >= 0.3 is 0 Å². The van der Waals surface area contributed by atoms with Crippen LogP contribution in [0.5, 0.6) is 0 Å². The fraction of sp³-hybridized carbons (Fsp3) is 0.714. The van der Waals surface area contributed by atoms with Gasteiger partial charge in [-0.15, -0.1) is 0 Å². The van der Waals surface area contributed by atoms with E-state index in [-0.39, 0.29) is 16.7 Å². The van der Waals surface area contributed by atoms with Crippen LogP contribution in [0.3, 0.4) is 0 Å². The van der Waals surface area contributed by atoms with Crippen LogP contribution in [0.15, 0.2) is 6.07 Å². The van der Waals surface area contributed by atoms with Crippen LogP contribution in [0.25, 0.3) is 0 Å². The first-order chi connectivity index (χ1) is 9.44. The Morgan fingerprint density at radius 2 is 2.25 bits per heavy atom. The van der Waals surface area contributed by atoms with E-state index in [1.165, 1.54) is 0 Å². The maximum Gasteiger partial charge on any atom is 0.224 e. The van der Waals surface area contributed by atoms with Crippen molar-refractivity contribution in [2.24, 2.45) is 0 Å². The van der Waals surface area contributed by atoms with Crippen molar-refractivity contribution in [3.05, 3.63) is 17.0 Å². The molecular weight excluding hydrogens is 278 g/mol. The third kappa shape index (κ3) is 3.40. The molecule has 0 N–H and O–H groups in total. The summed E-state index contributed by atoms with van der Waals surface area (Å²) in [5.74, 6) is 0.861. The van der Waals surface area contributed by atoms with Crippen molar-refractivity contribution in [2.75, 3.05) is 38.4 Å². The number of hydrogen-bond acceptors (Lipinski definition) is 5. The average Bonchev–Trinajstić information content (AvgIpc) is 2.38. The van der Waals surface area contributed by atoms with Crippen LogP contribution in [0.2, 0.25) is 5.28 Å². The second-order valence-electron chi connectivity index (χ2n) is 5.81. The molecule has 1 atom stereocenters. The number of morpholine rings is 1. The normalized spacial score (nSPS) is 20.2. The third-order valence-electron chi connectivity index (χ3n) is 3.55. The lowest BCUT2D eigenvalue weighted by Crippen LogP contribution is -2.44. The summed E-state index contributed by atoms with van der Waals surface area (Å²) in [7, 11) is 1.69. The number of ether oxygens (including phenoxy) is 2. The minimum absolute atomic E-state index is 0.203. The second kappa shape index (κ2) is 6.24. The summed E-state index contributed by atoms with van der Waals surface area (Å²) in [6.07, 6.45) is 0. The number of halogens is 1. The molecule has 1 fully saturated rings. The predicted molar refractivity (Wildman–Crippen MR) is 79.6 cm³/mol. The maximum absolute atomic E-state index is 6.10. The minimum Gasteiger partial charge on any atom is -0.384 e. The molecule has 112 valence electrons. The largest absolute Gasteiger partial charge is 0.384 e. The fourth-order valence-electron chi connectivity index (χ4n) is 2.40. The summed E-state index contributed by atoms with van der Waals surface area (Å²) in [5.41, 5.74) is 0.694. The van der Waals surface area contributed by atoms with E-state index in [1.807, 2.05) is 6.07 Å². The highest BCUT2D eigenvalue weighted by Gasteiger charge is 2.26. The van der Waals surface area contributed by atoms with Crippen molar-refractivity contribution in [3.8, 4) is 0 Å². The molecule has 0 aromatic carbocycles. The third-order valence-corrected chi connectivity index (χ3v) is 3.71. The van der Waals surface area contributed by atoms with Crippen LogP contribution >= 0.6 is 11.6 Å². The molecule has 2 heterocycles. The highest BCUT2D eigenvalue weighted by atomic mass is 35.5. The van der Waals surface area contributed by atoms with Crippen molar-refractivity contribution in [1.82, 2.24) is 9.97 Å². The summed E-state index contributed by atoms with van der Waals surface area (Å²) in [6.45, 7) is 9.11. The molecule has 0 spiro atoms. The zero-order chi connectivity index (χ0) is 14.8. The van der Waals surface area contributed by atoms with Crippen molar-refractivity contribution in [2.45, 2.75) is 32.2 Å². The quantitative estimate of drug-likeness (QED) is 0.798. The molecule has 6 heteroatoms. The fourth-order valence-corrected chi connectivity index (χ4v) is 2.58. The molecule has 0 saturated carbocycles. The van der Waals surface area contributed by atoms with Gasteiger partial charge in [-0.05, 0) is 18.5 Å². The molecule has 20 heavy (non-hydrogen) atoms. The van der Waals surface area contributed by atoms with Gasteiger partial charge in [0.2, 0.25) is 5.28 Å². The number of methoxy groups -OCH3 is 1. The second-order valence-corrected chi connectivity index (χ2v) is 6.15. The molecule has 0 radical (unpaired) electrons. The first-order valence-electron chi connectivity index (χ1n) is 6.82. The minimum atomic E-state index is -0.203. The number of hydrogen-bond donors (Lipinski definition) is 0. The monoisotopic (exact) mass is 299 g/mol. The lowest BCUT2D eigenvalue weighted by atomic mass is 9.90. The molecule has 0 amide bonds. The van der Waals surface area contributed by atoms with Crippen LogP contribution in [-0.2, 0) is 14.9 Å². The van der Waals surface area contributed by atoms with Crippen LogP contribution in [0.4, 0.5) is 5.82 Å². The molecule has 5 nitrogen and oxygen atoms in total. The Morgan fingerprint density at radius 1 is 1.50 bits per heavy atom. The van der Waals surface area contributed by atoms with E-state index >= 15 is 0 Å². The van der Waals surface area contributed by atoms with Crippen LogP contribution in [-0.4, -0.2) is 49.5 Å². The molecular formula is C14H22ClN3O2. The SMILES string of the molecule is COCC(C)(C)c1cc(N2CCOC[C@H]2C)nc(Cl)n1. The predicted octanol–water partition coefficient (Wildman–Crippen LogP) is 2.28. The molecule has 1 aromatic rings. The Labute approximate surface area is 125 Å². The van der Waals surface area contributed by atoms with Gasteiger partial charge in [0.15, 0.2) is 0 Å². The van der Waals surface area contributed by atoms with Crippen molar-refractivity contribution >= 4 is 17.4 Å². The van der Waals surface area contributed by atoms with Crippen molar-refractivity contribution < 1.29 is 9.47 Å². The highest BCUT2D eigenvalue weighted by molar-refractivity contribution is 6.28. The summed E-state index contributed by atoms with van der Waals surface area (Å²) in [4.78, 5) is 10.9. The number of nitrogens with zero attached hydrogens (tertiary/aromatic N) is 3. The Bertz CT molecular complexity index is 468. The van der Waals surface area contributed by atoms with E-state index < -0.39 is 0 Å². The molecule has 0 bridgehead atoms. The highest BCUT2D eigenvalue weighted by Crippen LogP contribution is 2.27. The number of aromatic nitrogens is 2. The summed E-state index contributed by atoms with van der Waals surface area (Å²) < 4.78 is 10.7. The standard InChI is InChI=1S/C14H22ClN3O2/c1-10-8-20-6-5-18(10)12-7-11(16-13(15)17-12)14(2,3)9-19-4/h7,10H,5-6,8-9H2,1-4H3/t10-/m1/s1. The Hall–Kier alpha value is -0.910. The zero-order valence-corrected chi connectivity index (χ0v) is 13.3. The summed E-state index contributed by atoms with van der Waals surface area (Å²) >= 11 is 6.10. The molecule has 1 saturated heterocycles. The van der Waals surface area contributed by atoms with E-state index in [4.69, 9.17) is 21.1 Å². The molecule has 0 unspecified atom stereocenters. The van der Waals surface area contributed by atoms with Crippen LogP contribution < -0.4 is 4.90 Å². The van der Waals surface area contributed by atoms with Crippen LogP contribution in [0, 0.1) is 0 Å². The average molecular weight is 300 g/mol. The van der Waals surface area contributed by atoms with Crippen molar-refractivity contribution in [1.29, 1.82) is 0 Å². The van der Waals surface area contributed by atoms with E-state index in [9.17, 15) is 0 Å². The van der Waals surface area contributed by atoms with Gasteiger partial charge in [0.25, 0.3) is 0 Å². The number of anilines is 1. The van der Waals surface area contributed by atoms with Gasteiger partial charge < -0.3 is 14.4 Å². The summed E-state index contributed by atoms with van der Waals surface area (Å²) in [5, 5.41) is 0.278. The van der Waals surface area contributed by atoms with Gasteiger partial charge in [0.05, 0.1) is 31.6 Å². The van der Waals surface area contributed by atoms with E-state index in [2.05, 4.69) is 35.6 Å². The molecule has 1 aliphatic heterocycles. The topological polar surface area (TPSA) is 47.5 Å². The number of rotatable bonds is 4. The molecule has 0 aliphatic carbocycles. The van der Waals surface area contributed by atoms with Gasteiger partial charge in [0.1, 0.15) is 5.82 Å². The van der Waals surface area contributed by atoms with Crippen molar-refractivity contribution in [3.63, 3.8) is 0 Å². The zero-order valence-electron chi connectivity index (χ0n) is 12.5. The Kier molecular flexibility index (Phi) is 4.83. The van der Waals surface area contributed by atoms with Gasteiger partial charge in [-0.3, -0.25) is 0 Å². The first kappa shape index (κ1) is 15.5. The van der Waals surface area contributed by atoms with Crippen LogP contribution in [0.1, 0.15) is 26.5 Å². The lowest BCUT2D eigenvalue weighted by Gasteiger charge is -2.35. The molecule has 2 rings (SSSR count). The maximum atomic E-state index is 6.10. The van der Waals surface area contributed by atoms with Gasteiger partial charge in [-0.2, -0.15) is 0 Å². The summed E-state index contributed by atoms with van der Waals surface area (Å²) in [6, 6.07) is 2.29. The van der Waals surface area contributed by atoms with E-state index in [1.54, 1.807) is 7.11 Å². The molecule has 1 aliphatic rings. The lowest BCUT2D eigenvalue weighted by molar-refractivity contribution is 0.0984. The van der Waals surface area contributed by atoms with E-state index in [0.717, 1.165) is 18.1 Å². The Morgan fingerprint density at radius 3 is 2.90 bits per heavy atom. The van der Waals surface area contributed by atoms with Gasteiger partial charge in [-0.25, -0.2) is 9.97 Å². The van der Waals surface area contributed by atoms with Gasteiger partial charge in [0, 0.05) is 25.1 Å². The first-order valence-corrected chi connectivity index (χ1v) is 7.20. The smallest absolute Gasteiger partial charge is 0.224 e. The van der Waals surface area contributed by atoms with Gasteiger partial charge in [-0.1, -0.05) is 13.8 Å².